The van der Waals surface area contributed by atoms with Crippen molar-refractivity contribution in [2.24, 2.45) is 0 Å². The van der Waals surface area contributed by atoms with E-state index in [0.717, 1.165) is 37.6 Å². The van der Waals surface area contributed by atoms with Gasteiger partial charge in [0.15, 0.2) is 0 Å². The molecule has 1 fully saturated rings. The third-order valence-corrected chi connectivity index (χ3v) is 4.40. The Kier molecular flexibility index (Phi) is 5.63. The third-order valence-electron chi connectivity index (χ3n) is 4.40. The molecule has 1 aromatic heterocycles. The molecule has 1 aliphatic rings. The van der Waals surface area contributed by atoms with E-state index in [1.54, 1.807) is 13.1 Å². The summed E-state index contributed by atoms with van der Waals surface area (Å²) in [5.41, 5.74) is 1.41. The zero-order valence-corrected chi connectivity index (χ0v) is 14.4. The second-order valence-electron chi connectivity index (χ2n) is 6.26. The molecule has 132 valence electrons. The minimum absolute atomic E-state index is 0.0561. The van der Waals surface area contributed by atoms with Gasteiger partial charge in [0.05, 0.1) is 12.6 Å². The largest absolute Gasteiger partial charge is 0.389 e. The number of carbonyl (C=O) groups excluding carboxylic acids is 1. The highest BCUT2D eigenvalue weighted by molar-refractivity contribution is 5.93. The number of nitrogens with one attached hydrogen (secondary N) is 1. The second-order valence-corrected chi connectivity index (χ2v) is 6.26. The zero-order chi connectivity index (χ0) is 17.6. The molecule has 1 unspecified atom stereocenters. The van der Waals surface area contributed by atoms with Gasteiger partial charge in [0.1, 0.15) is 5.82 Å². The van der Waals surface area contributed by atoms with Crippen LogP contribution in [0, 0.1) is 0 Å². The number of rotatable bonds is 5. The van der Waals surface area contributed by atoms with Crippen LogP contribution in [0.1, 0.15) is 18.6 Å². The Bertz CT molecular complexity index is 698. The van der Waals surface area contributed by atoms with Gasteiger partial charge in [-0.1, -0.05) is 24.3 Å². The Morgan fingerprint density at radius 2 is 1.88 bits per heavy atom. The zero-order valence-electron chi connectivity index (χ0n) is 14.4. The van der Waals surface area contributed by atoms with Gasteiger partial charge in [-0.3, -0.25) is 9.69 Å². The minimum atomic E-state index is -0.613. The molecule has 25 heavy (non-hydrogen) atoms. The lowest BCUT2D eigenvalue weighted by Crippen LogP contribution is -2.48. The number of aromatic nitrogens is 1. The number of piperazine rings is 1. The summed E-state index contributed by atoms with van der Waals surface area (Å²) < 4.78 is 0. The van der Waals surface area contributed by atoms with E-state index in [1.165, 1.54) is 0 Å². The van der Waals surface area contributed by atoms with Crippen LogP contribution >= 0.6 is 0 Å². The second kappa shape index (κ2) is 8.09. The number of aliphatic hydroxyl groups excluding tert-OH is 1. The number of hydrogen-bond donors (Lipinski definition) is 2. The molecule has 3 rings (SSSR count). The predicted molar refractivity (Wildman–Crippen MR) is 98.6 cm³/mol. The van der Waals surface area contributed by atoms with Crippen molar-refractivity contribution in [1.82, 2.24) is 9.88 Å². The summed E-state index contributed by atoms with van der Waals surface area (Å²) in [6.45, 7) is 5.40. The van der Waals surface area contributed by atoms with Gasteiger partial charge in [-0.25, -0.2) is 4.98 Å². The molecular weight excluding hydrogens is 316 g/mol. The smallest absolute Gasteiger partial charge is 0.238 e. The van der Waals surface area contributed by atoms with E-state index in [1.807, 2.05) is 42.5 Å². The van der Waals surface area contributed by atoms with Crippen LogP contribution in [0.15, 0.2) is 48.7 Å². The summed E-state index contributed by atoms with van der Waals surface area (Å²) in [5.74, 6) is 0.928. The van der Waals surface area contributed by atoms with E-state index >= 15 is 0 Å². The average Bonchev–Trinajstić information content (AvgIpc) is 2.63. The van der Waals surface area contributed by atoms with Crippen LogP contribution in [-0.4, -0.2) is 53.6 Å². The topological polar surface area (TPSA) is 68.7 Å². The van der Waals surface area contributed by atoms with E-state index in [9.17, 15) is 9.90 Å². The van der Waals surface area contributed by atoms with E-state index in [2.05, 4.69) is 20.1 Å². The van der Waals surface area contributed by atoms with E-state index in [-0.39, 0.29) is 5.91 Å². The van der Waals surface area contributed by atoms with Crippen molar-refractivity contribution in [2.75, 3.05) is 42.9 Å². The van der Waals surface area contributed by atoms with E-state index in [0.29, 0.717) is 12.2 Å². The monoisotopic (exact) mass is 340 g/mol. The molecule has 1 saturated heterocycles. The lowest BCUT2D eigenvalue weighted by atomic mass is 10.1. The summed E-state index contributed by atoms with van der Waals surface area (Å²) in [5, 5.41) is 12.7. The van der Waals surface area contributed by atoms with Crippen LogP contribution in [0.2, 0.25) is 0 Å². The molecule has 6 heteroatoms. The molecule has 2 heterocycles. The highest BCUT2D eigenvalue weighted by atomic mass is 16.3. The standard InChI is InChI=1S/C19H24N4O2/c1-15(24)16-6-2-3-7-17(16)21-19(25)14-22-10-12-23(13-11-22)18-8-4-5-9-20-18/h2-9,15,24H,10-14H2,1H3,(H,21,25). The maximum atomic E-state index is 12.3. The maximum absolute atomic E-state index is 12.3. The number of amides is 1. The number of para-hydroxylation sites is 1. The first-order chi connectivity index (χ1) is 12.1. The lowest BCUT2D eigenvalue weighted by molar-refractivity contribution is -0.117. The first-order valence-corrected chi connectivity index (χ1v) is 8.58. The molecule has 2 aromatic rings. The van der Waals surface area contributed by atoms with Crippen LogP contribution in [0.25, 0.3) is 0 Å². The summed E-state index contributed by atoms with van der Waals surface area (Å²) >= 11 is 0. The van der Waals surface area contributed by atoms with Gasteiger partial charge < -0.3 is 15.3 Å². The first-order valence-electron chi connectivity index (χ1n) is 8.58. The van der Waals surface area contributed by atoms with Crippen LogP contribution in [0.5, 0.6) is 0 Å². The highest BCUT2D eigenvalue weighted by Gasteiger charge is 2.20. The van der Waals surface area contributed by atoms with Gasteiger partial charge in [-0.15, -0.1) is 0 Å². The maximum Gasteiger partial charge on any atom is 0.238 e. The van der Waals surface area contributed by atoms with Crippen LogP contribution < -0.4 is 10.2 Å². The molecule has 0 saturated carbocycles. The molecule has 0 radical (unpaired) electrons. The Morgan fingerprint density at radius 3 is 2.56 bits per heavy atom. The average molecular weight is 340 g/mol. The molecular formula is C19H24N4O2. The summed E-state index contributed by atoms with van der Waals surface area (Å²) in [6.07, 6.45) is 1.19. The van der Waals surface area contributed by atoms with Crippen molar-refractivity contribution >= 4 is 17.4 Å². The number of pyridine rings is 1. The van der Waals surface area contributed by atoms with Crippen molar-refractivity contribution in [3.63, 3.8) is 0 Å². The Hall–Kier alpha value is -2.44. The van der Waals surface area contributed by atoms with E-state index in [4.69, 9.17) is 0 Å². The summed E-state index contributed by atoms with van der Waals surface area (Å²) in [4.78, 5) is 21.1. The predicted octanol–water partition coefficient (Wildman–Crippen LogP) is 1.90. The fourth-order valence-electron chi connectivity index (χ4n) is 3.04. The van der Waals surface area contributed by atoms with Crippen molar-refractivity contribution in [1.29, 1.82) is 0 Å². The van der Waals surface area contributed by atoms with Crippen molar-refractivity contribution in [3.05, 3.63) is 54.2 Å². The molecule has 2 N–H and O–H groups in total. The van der Waals surface area contributed by atoms with Gasteiger partial charge in [-0.2, -0.15) is 0 Å². The first kappa shape index (κ1) is 17.4. The Morgan fingerprint density at radius 1 is 1.16 bits per heavy atom. The van der Waals surface area contributed by atoms with Gasteiger partial charge in [0.2, 0.25) is 5.91 Å². The van der Waals surface area contributed by atoms with Crippen molar-refractivity contribution in [3.8, 4) is 0 Å². The molecule has 1 aliphatic heterocycles. The van der Waals surface area contributed by atoms with Gasteiger partial charge in [0, 0.05) is 43.6 Å². The van der Waals surface area contributed by atoms with E-state index < -0.39 is 6.10 Å². The van der Waals surface area contributed by atoms with Gasteiger partial charge >= 0.3 is 0 Å². The number of carbonyl (C=O) groups is 1. The Labute approximate surface area is 148 Å². The number of nitrogens with zero attached hydrogens (tertiary/aromatic N) is 3. The molecule has 6 nitrogen and oxygen atoms in total. The van der Waals surface area contributed by atoms with Crippen LogP contribution in [0.4, 0.5) is 11.5 Å². The molecule has 0 spiro atoms. The number of anilines is 2. The van der Waals surface area contributed by atoms with Crippen LogP contribution in [-0.2, 0) is 4.79 Å². The number of aliphatic hydroxyl groups is 1. The van der Waals surface area contributed by atoms with Crippen LogP contribution in [0.3, 0.4) is 0 Å². The van der Waals surface area contributed by atoms with Crippen molar-refractivity contribution < 1.29 is 9.90 Å². The van der Waals surface area contributed by atoms with Crippen molar-refractivity contribution in [2.45, 2.75) is 13.0 Å². The fraction of sp³-hybridized carbons (Fsp3) is 0.368. The molecule has 1 aromatic carbocycles. The lowest BCUT2D eigenvalue weighted by Gasteiger charge is -2.35. The SMILES string of the molecule is CC(O)c1ccccc1NC(=O)CN1CCN(c2ccccn2)CC1. The fourth-order valence-corrected chi connectivity index (χ4v) is 3.04. The number of benzene rings is 1. The molecule has 0 bridgehead atoms. The Balaban J connectivity index is 1.52. The highest BCUT2D eigenvalue weighted by Crippen LogP contribution is 2.22. The summed E-state index contributed by atoms with van der Waals surface area (Å²) in [7, 11) is 0. The third kappa shape index (κ3) is 4.55. The van der Waals surface area contributed by atoms with Gasteiger partial charge in [-0.05, 0) is 25.1 Å². The number of hydrogen-bond acceptors (Lipinski definition) is 5. The quantitative estimate of drug-likeness (QED) is 0.870. The van der Waals surface area contributed by atoms with Gasteiger partial charge in [0.25, 0.3) is 0 Å². The molecule has 0 aliphatic carbocycles. The normalized spacial score (nSPS) is 16.5. The molecule has 1 amide bonds. The minimum Gasteiger partial charge on any atom is -0.389 e. The molecule has 1 atom stereocenters. The summed E-state index contributed by atoms with van der Waals surface area (Å²) in [6, 6.07) is 13.3.